The maximum atomic E-state index is 9.92. The van der Waals surface area contributed by atoms with Crippen LogP contribution in [-0.2, 0) is 15.9 Å². The molecule has 1 heterocycles. The standard InChI is InChI=1S/C16H25NO3/c1-2-13-6-3-4-8-16(13)17-10-14(18)11-19-12-15-7-5-9-20-15/h3-4,6,8,14-15,17-18H,2,5,7,9-12H2,1H3. The average molecular weight is 279 g/mol. The Balaban J connectivity index is 1.65. The molecule has 1 aliphatic heterocycles. The Kier molecular flexibility index (Phi) is 6.30. The summed E-state index contributed by atoms with van der Waals surface area (Å²) in [5, 5.41) is 13.2. The normalized spacial score (nSPS) is 20.0. The average Bonchev–Trinajstić information content (AvgIpc) is 2.98. The molecule has 0 saturated carbocycles. The van der Waals surface area contributed by atoms with Crippen molar-refractivity contribution in [3.63, 3.8) is 0 Å². The van der Waals surface area contributed by atoms with Crippen molar-refractivity contribution >= 4 is 5.69 Å². The van der Waals surface area contributed by atoms with Gasteiger partial charge in [-0.15, -0.1) is 0 Å². The summed E-state index contributed by atoms with van der Waals surface area (Å²) < 4.78 is 11.0. The molecule has 0 radical (unpaired) electrons. The van der Waals surface area contributed by atoms with Crippen LogP contribution >= 0.6 is 0 Å². The van der Waals surface area contributed by atoms with Gasteiger partial charge in [0.15, 0.2) is 0 Å². The van der Waals surface area contributed by atoms with Gasteiger partial charge in [0.1, 0.15) is 0 Å². The van der Waals surface area contributed by atoms with Gasteiger partial charge >= 0.3 is 0 Å². The van der Waals surface area contributed by atoms with Crippen LogP contribution in [0.3, 0.4) is 0 Å². The van der Waals surface area contributed by atoms with E-state index in [4.69, 9.17) is 9.47 Å². The lowest BCUT2D eigenvalue weighted by Gasteiger charge is -2.16. The Morgan fingerprint density at radius 2 is 2.30 bits per heavy atom. The molecule has 0 amide bonds. The number of anilines is 1. The van der Waals surface area contributed by atoms with Crippen LogP contribution in [0.15, 0.2) is 24.3 Å². The first-order chi connectivity index (χ1) is 9.79. The Hall–Kier alpha value is -1.10. The monoisotopic (exact) mass is 279 g/mol. The summed E-state index contributed by atoms with van der Waals surface area (Å²) >= 11 is 0. The van der Waals surface area contributed by atoms with E-state index in [1.165, 1.54) is 5.56 Å². The minimum Gasteiger partial charge on any atom is -0.389 e. The van der Waals surface area contributed by atoms with Crippen molar-refractivity contribution in [3.05, 3.63) is 29.8 Å². The Morgan fingerprint density at radius 3 is 3.05 bits per heavy atom. The summed E-state index contributed by atoms with van der Waals surface area (Å²) in [5.74, 6) is 0. The summed E-state index contributed by atoms with van der Waals surface area (Å²) in [6.07, 6.45) is 2.89. The molecule has 2 N–H and O–H groups in total. The number of hydrogen-bond donors (Lipinski definition) is 2. The zero-order valence-electron chi connectivity index (χ0n) is 12.2. The van der Waals surface area contributed by atoms with Gasteiger partial charge in [0, 0.05) is 18.8 Å². The van der Waals surface area contributed by atoms with E-state index < -0.39 is 6.10 Å². The van der Waals surface area contributed by atoms with Gasteiger partial charge in [-0.1, -0.05) is 25.1 Å². The molecule has 0 aliphatic carbocycles. The Morgan fingerprint density at radius 1 is 1.45 bits per heavy atom. The zero-order valence-corrected chi connectivity index (χ0v) is 12.2. The van der Waals surface area contributed by atoms with Crippen molar-refractivity contribution in [1.82, 2.24) is 0 Å². The highest BCUT2D eigenvalue weighted by atomic mass is 16.5. The third-order valence-corrected chi connectivity index (χ3v) is 3.56. The summed E-state index contributed by atoms with van der Waals surface area (Å²) in [6, 6.07) is 8.17. The molecule has 0 spiro atoms. The maximum absolute atomic E-state index is 9.92. The zero-order chi connectivity index (χ0) is 14.2. The quantitative estimate of drug-likeness (QED) is 0.766. The fourth-order valence-electron chi connectivity index (χ4n) is 2.40. The van der Waals surface area contributed by atoms with Gasteiger partial charge in [-0.25, -0.2) is 0 Å². The highest BCUT2D eigenvalue weighted by molar-refractivity contribution is 5.51. The third-order valence-electron chi connectivity index (χ3n) is 3.56. The predicted octanol–water partition coefficient (Wildman–Crippen LogP) is 2.22. The van der Waals surface area contributed by atoms with Crippen molar-refractivity contribution in [1.29, 1.82) is 0 Å². The fourth-order valence-corrected chi connectivity index (χ4v) is 2.40. The van der Waals surface area contributed by atoms with E-state index in [0.29, 0.717) is 19.8 Å². The van der Waals surface area contributed by atoms with Crippen molar-refractivity contribution in [2.24, 2.45) is 0 Å². The lowest BCUT2D eigenvalue weighted by Crippen LogP contribution is -2.27. The van der Waals surface area contributed by atoms with E-state index in [-0.39, 0.29) is 6.10 Å². The first-order valence-electron chi connectivity index (χ1n) is 7.48. The Bertz CT molecular complexity index is 391. The smallest absolute Gasteiger partial charge is 0.0945 e. The molecule has 0 aromatic heterocycles. The number of nitrogens with one attached hydrogen (secondary N) is 1. The van der Waals surface area contributed by atoms with Gasteiger partial charge in [0.2, 0.25) is 0 Å². The van der Waals surface area contributed by atoms with Gasteiger partial charge in [-0.3, -0.25) is 0 Å². The van der Waals surface area contributed by atoms with Crippen LogP contribution in [0.25, 0.3) is 0 Å². The van der Waals surface area contributed by atoms with Crippen LogP contribution < -0.4 is 5.32 Å². The summed E-state index contributed by atoms with van der Waals surface area (Å²) in [7, 11) is 0. The topological polar surface area (TPSA) is 50.7 Å². The predicted molar refractivity (Wildman–Crippen MR) is 80.1 cm³/mol. The molecule has 0 bridgehead atoms. The third kappa shape index (κ3) is 4.78. The number of rotatable bonds is 8. The molecule has 1 saturated heterocycles. The molecule has 1 aromatic rings. The molecule has 20 heavy (non-hydrogen) atoms. The number of aliphatic hydroxyl groups excluding tert-OH is 1. The van der Waals surface area contributed by atoms with E-state index in [2.05, 4.69) is 18.3 Å². The number of aliphatic hydroxyl groups is 1. The number of ether oxygens (including phenoxy) is 2. The number of benzene rings is 1. The lowest BCUT2D eigenvalue weighted by molar-refractivity contribution is -0.0137. The number of hydrogen-bond acceptors (Lipinski definition) is 4. The van der Waals surface area contributed by atoms with E-state index in [0.717, 1.165) is 31.6 Å². The molecule has 4 heteroatoms. The Labute approximate surface area is 121 Å². The minimum absolute atomic E-state index is 0.218. The minimum atomic E-state index is -0.499. The van der Waals surface area contributed by atoms with Crippen LogP contribution in [0, 0.1) is 0 Å². The first-order valence-corrected chi connectivity index (χ1v) is 7.48. The fraction of sp³-hybridized carbons (Fsp3) is 0.625. The van der Waals surface area contributed by atoms with E-state index >= 15 is 0 Å². The molecule has 2 atom stereocenters. The second kappa shape index (κ2) is 8.25. The van der Waals surface area contributed by atoms with Crippen LogP contribution in [0.2, 0.25) is 0 Å². The van der Waals surface area contributed by atoms with Crippen molar-refractivity contribution in [3.8, 4) is 0 Å². The lowest BCUT2D eigenvalue weighted by atomic mass is 10.1. The van der Waals surface area contributed by atoms with Gasteiger partial charge < -0.3 is 19.9 Å². The molecule has 1 aromatic carbocycles. The van der Waals surface area contributed by atoms with Crippen molar-refractivity contribution < 1.29 is 14.6 Å². The molecular weight excluding hydrogens is 254 g/mol. The number of aryl methyl sites for hydroxylation is 1. The van der Waals surface area contributed by atoms with Gasteiger partial charge in [0.25, 0.3) is 0 Å². The van der Waals surface area contributed by atoms with Gasteiger partial charge in [-0.2, -0.15) is 0 Å². The molecule has 1 fully saturated rings. The van der Waals surface area contributed by atoms with Crippen LogP contribution in [-0.4, -0.2) is 43.7 Å². The van der Waals surface area contributed by atoms with E-state index in [1.54, 1.807) is 0 Å². The van der Waals surface area contributed by atoms with Crippen molar-refractivity contribution in [2.45, 2.75) is 38.4 Å². The summed E-state index contributed by atoms with van der Waals surface area (Å²) in [5.41, 5.74) is 2.35. The molecule has 2 rings (SSSR count). The largest absolute Gasteiger partial charge is 0.389 e. The second-order valence-electron chi connectivity index (χ2n) is 5.22. The van der Waals surface area contributed by atoms with E-state index in [9.17, 15) is 5.11 Å². The van der Waals surface area contributed by atoms with Crippen LogP contribution in [0.1, 0.15) is 25.3 Å². The number of para-hydroxylation sites is 1. The molecule has 2 unspecified atom stereocenters. The van der Waals surface area contributed by atoms with Crippen molar-refractivity contribution in [2.75, 3.05) is 31.7 Å². The second-order valence-corrected chi connectivity index (χ2v) is 5.22. The van der Waals surface area contributed by atoms with Crippen LogP contribution in [0.5, 0.6) is 0 Å². The molecular formula is C16H25NO3. The summed E-state index contributed by atoms with van der Waals surface area (Å²) in [4.78, 5) is 0. The molecule has 1 aliphatic rings. The molecule has 4 nitrogen and oxygen atoms in total. The highest BCUT2D eigenvalue weighted by Gasteiger charge is 2.16. The first kappa shape index (κ1) is 15.3. The van der Waals surface area contributed by atoms with E-state index in [1.807, 2.05) is 18.2 Å². The SMILES string of the molecule is CCc1ccccc1NCC(O)COCC1CCCO1. The molecule has 112 valence electrons. The van der Waals surface area contributed by atoms with Gasteiger partial charge in [-0.05, 0) is 30.9 Å². The van der Waals surface area contributed by atoms with Crippen LogP contribution in [0.4, 0.5) is 5.69 Å². The summed E-state index contributed by atoms with van der Waals surface area (Å²) in [6.45, 7) is 4.40. The van der Waals surface area contributed by atoms with Gasteiger partial charge in [0.05, 0.1) is 25.4 Å². The maximum Gasteiger partial charge on any atom is 0.0945 e. The highest BCUT2D eigenvalue weighted by Crippen LogP contribution is 2.15.